The first-order valence-electron chi connectivity index (χ1n) is 9.11. The largest absolute Gasteiger partial charge is 0.416 e. The van der Waals surface area contributed by atoms with E-state index in [1.54, 1.807) is 0 Å². The quantitative estimate of drug-likeness (QED) is 0.393. The SMILES string of the molecule is CC(C)[Si](OC[C@H]1C[C@@H]1/C=C/[C@H]1C[C@@H]1C)(C(C)C)C(C)C. The fraction of sp³-hybridized carbons (Fsp3) is 0.895. The molecule has 2 aliphatic rings. The molecule has 0 radical (unpaired) electrons. The lowest BCUT2D eigenvalue weighted by atomic mass is 10.2. The van der Waals surface area contributed by atoms with E-state index in [4.69, 9.17) is 4.43 Å². The summed E-state index contributed by atoms with van der Waals surface area (Å²) in [6.45, 7) is 17.6. The first-order valence-corrected chi connectivity index (χ1v) is 11.2. The Morgan fingerprint density at radius 1 is 0.905 bits per heavy atom. The van der Waals surface area contributed by atoms with Crippen molar-refractivity contribution in [3.8, 4) is 0 Å². The highest BCUT2D eigenvalue weighted by Gasteiger charge is 2.47. The molecule has 21 heavy (non-hydrogen) atoms. The molecular weight excluding hydrogens is 272 g/mol. The van der Waals surface area contributed by atoms with Crippen LogP contribution < -0.4 is 0 Å². The highest BCUT2D eigenvalue weighted by molar-refractivity contribution is 6.77. The van der Waals surface area contributed by atoms with Gasteiger partial charge in [-0.3, -0.25) is 0 Å². The zero-order valence-corrected chi connectivity index (χ0v) is 16.2. The van der Waals surface area contributed by atoms with Gasteiger partial charge in [0.15, 0.2) is 8.32 Å². The molecule has 2 aliphatic carbocycles. The van der Waals surface area contributed by atoms with E-state index >= 15 is 0 Å². The molecule has 0 spiro atoms. The van der Waals surface area contributed by atoms with Crippen molar-refractivity contribution in [1.29, 1.82) is 0 Å². The lowest BCUT2D eigenvalue weighted by molar-refractivity contribution is 0.259. The molecule has 2 heteroatoms. The minimum Gasteiger partial charge on any atom is -0.416 e. The summed E-state index contributed by atoms with van der Waals surface area (Å²) in [5.74, 6) is 3.45. The Bertz CT molecular complexity index is 350. The molecule has 2 fully saturated rings. The maximum Gasteiger partial charge on any atom is 0.200 e. The standard InChI is InChI=1S/C19H36OSi/c1-13(2)21(14(3)4,15(5)6)20-12-19-11-18(19)9-8-17-10-16(17)7/h8-9,13-19H,10-12H2,1-7H3/b9-8+/t16-,17-,18-,19+/m0/s1. The summed E-state index contributed by atoms with van der Waals surface area (Å²) in [6.07, 6.45) is 7.74. The average molecular weight is 309 g/mol. The van der Waals surface area contributed by atoms with Crippen molar-refractivity contribution in [1.82, 2.24) is 0 Å². The van der Waals surface area contributed by atoms with Crippen LogP contribution in [-0.4, -0.2) is 14.9 Å². The van der Waals surface area contributed by atoms with E-state index in [1.807, 2.05) is 0 Å². The smallest absolute Gasteiger partial charge is 0.200 e. The van der Waals surface area contributed by atoms with Crippen LogP contribution in [0.4, 0.5) is 0 Å². The monoisotopic (exact) mass is 308 g/mol. The predicted molar refractivity (Wildman–Crippen MR) is 95.0 cm³/mol. The van der Waals surface area contributed by atoms with E-state index in [1.165, 1.54) is 12.8 Å². The fourth-order valence-electron chi connectivity index (χ4n) is 4.35. The van der Waals surface area contributed by atoms with Crippen LogP contribution in [-0.2, 0) is 4.43 Å². The van der Waals surface area contributed by atoms with Gasteiger partial charge in [-0.15, -0.1) is 0 Å². The predicted octanol–water partition coefficient (Wildman–Crippen LogP) is 6.03. The van der Waals surface area contributed by atoms with Gasteiger partial charge in [0.2, 0.25) is 0 Å². The second-order valence-electron chi connectivity index (χ2n) is 8.55. The topological polar surface area (TPSA) is 9.23 Å². The Kier molecular flexibility index (Phi) is 5.41. The van der Waals surface area contributed by atoms with Crippen LogP contribution in [0.2, 0.25) is 16.6 Å². The summed E-state index contributed by atoms with van der Waals surface area (Å²) in [4.78, 5) is 0. The third-order valence-corrected chi connectivity index (χ3v) is 12.1. The highest BCUT2D eigenvalue weighted by atomic mass is 28.4. The van der Waals surface area contributed by atoms with Gasteiger partial charge in [0.1, 0.15) is 0 Å². The third kappa shape index (κ3) is 3.82. The van der Waals surface area contributed by atoms with Gasteiger partial charge < -0.3 is 4.43 Å². The van der Waals surface area contributed by atoms with E-state index in [2.05, 4.69) is 60.6 Å². The van der Waals surface area contributed by atoms with E-state index in [0.717, 1.165) is 30.3 Å². The second-order valence-corrected chi connectivity index (χ2v) is 14.0. The summed E-state index contributed by atoms with van der Waals surface area (Å²) < 4.78 is 6.72. The van der Waals surface area contributed by atoms with Crippen LogP contribution in [0, 0.1) is 23.7 Å². The lowest BCUT2D eigenvalue weighted by Gasteiger charge is -2.42. The van der Waals surface area contributed by atoms with Crippen molar-refractivity contribution < 1.29 is 4.43 Å². The Morgan fingerprint density at radius 2 is 1.38 bits per heavy atom. The maximum atomic E-state index is 6.72. The molecule has 0 bridgehead atoms. The molecule has 0 N–H and O–H groups in total. The van der Waals surface area contributed by atoms with Gasteiger partial charge in [0.05, 0.1) is 0 Å². The van der Waals surface area contributed by atoms with Crippen LogP contribution >= 0.6 is 0 Å². The Hall–Kier alpha value is -0.0831. The number of rotatable bonds is 8. The van der Waals surface area contributed by atoms with E-state index < -0.39 is 8.32 Å². The van der Waals surface area contributed by atoms with Gasteiger partial charge in [-0.1, -0.05) is 60.6 Å². The molecule has 1 nitrogen and oxygen atoms in total. The molecule has 4 atom stereocenters. The zero-order valence-electron chi connectivity index (χ0n) is 15.2. The van der Waals surface area contributed by atoms with E-state index in [9.17, 15) is 0 Å². The fourth-order valence-corrected chi connectivity index (χ4v) is 9.86. The summed E-state index contributed by atoms with van der Waals surface area (Å²) >= 11 is 0. The van der Waals surface area contributed by atoms with E-state index in [-0.39, 0.29) is 0 Å². The van der Waals surface area contributed by atoms with Gasteiger partial charge in [-0.05, 0) is 53.1 Å². The van der Waals surface area contributed by atoms with E-state index in [0.29, 0.717) is 16.6 Å². The van der Waals surface area contributed by atoms with Crippen LogP contribution in [0.25, 0.3) is 0 Å². The summed E-state index contributed by atoms with van der Waals surface area (Å²) in [7, 11) is -1.65. The summed E-state index contributed by atoms with van der Waals surface area (Å²) in [5, 5.41) is 0. The number of hydrogen-bond donors (Lipinski definition) is 0. The van der Waals surface area contributed by atoms with Crippen molar-refractivity contribution in [3.63, 3.8) is 0 Å². The van der Waals surface area contributed by atoms with Crippen LogP contribution in [0.5, 0.6) is 0 Å². The van der Waals surface area contributed by atoms with Crippen LogP contribution in [0.3, 0.4) is 0 Å². The second kappa shape index (κ2) is 6.58. The van der Waals surface area contributed by atoms with Gasteiger partial charge >= 0.3 is 0 Å². The third-order valence-electron chi connectivity index (χ3n) is 6.01. The molecule has 122 valence electrons. The van der Waals surface area contributed by atoms with Gasteiger partial charge in [-0.25, -0.2) is 0 Å². The van der Waals surface area contributed by atoms with Crippen LogP contribution in [0.1, 0.15) is 61.3 Å². The molecule has 0 amide bonds. The summed E-state index contributed by atoms with van der Waals surface area (Å²) in [5.41, 5.74) is 2.12. The molecule has 0 saturated heterocycles. The van der Waals surface area contributed by atoms with Crippen molar-refractivity contribution >= 4 is 8.32 Å². The van der Waals surface area contributed by atoms with Crippen molar-refractivity contribution in [2.24, 2.45) is 23.7 Å². The van der Waals surface area contributed by atoms with Crippen molar-refractivity contribution in [2.45, 2.75) is 77.9 Å². The molecular formula is C19H36OSi. The first kappa shape index (κ1) is 17.3. The molecule has 0 unspecified atom stereocenters. The normalized spacial score (nSPS) is 32.7. The zero-order chi connectivity index (χ0) is 15.8. The average Bonchev–Trinajstić information content (AvgIpc) is 3.25. The maximum absolute atomic E-state index is 6.72. The molecule has 2 saturated carbocycles. The Labute approximate surface area is 133 Å². The first-order chi connectivity index (χ1) is 9.79. The lowest BCUT2D eigenvalue weighted by Crippen LogP contribution is -2.48. The highest BCUT2D eigenvalue weighted by Crippen LogP contribution is 2.47. The van der Waals surface area contributed by atoms with Crippen molar-refractivity contribution in [2.75, 3.05) is 6.61 Å². The Balaban J connectivity index is 1.84. The van der Waals surface area contributed by atoms with Crippen LogP contribution in [0.15, 0.2) is 12.2 Å². The Morgan fingerprint density at radius 3 is 1.81 bits per heavy atom. The van der Waals surface area contributed by atoms with Crippen molar-refractivity contribution in [3.05, 3.63) is 12.2 Å². The molecule has 0 aromatic carbocycles. The van der Waals surface area contributed by atoms with Gasteiger partial charge in [0, 0.05) is 6.61 Å². The minimum atomic E-state index is -1.65. The number of hydrogen-bond acceptors (Lipinski definition) is 1. The summed E-state index contributed by atoms with van der Waals surface area (Å²) in [6, 6.07) is 0. The van der Waals surface area contributed by atoms with Gasteiger partial charge in [-0.2, -0.15) is 0 Å². The van der Waals surface area contributed by atoms with Gasteiger partial charge in [0.25, 0.3) is 0 Å². The number of allylic oxidation sites excluding steroid dienone is 2. The molecule has 2 rings (SSSR count). The molecule has 0 aromatic rings. The molecule has 0 aliphatic heterocycles. The minimum absolute atomic E-state index is 0.706. The molecule has 0 aromatic heterocycles. The molecule has 0 heterocycles.